The highest BCUT2D eigenvalue weighted by molar-refractivity contribution is 5.40. The van der Waals surface area contributed by atoms with Crippen LogP contribution < -0.4 is 0 Å². The van der Waals surface area contributed by atoms with Crippen molar-refractivity contribution in [3.05, 3.63) is 23.3 Å². The van der Waals surface area contributed by atoms with Crippen LogP contribution in [-0.4, -0.2) is 25.0 Å². The van der Waals surface area contributed by atoms with Crippen molar-refractivity contribution in [2.45, 2.75) is 46.1 Å². The summed E-state index contributed by atoms with van der Waals surface area (Å²) in [5.74, 6) is 2.44. The molecule has 0 aromatic carbocycles. The molecule has 1 heteroatoms. The van der Waals surface area contributed by atoms with Crippen molar-refractivity contribution in [2.75, 3.05) is 14.1 Å². The van der Waals surface area contributed by atoms with E-state index in [1.807, 2.05) is 5.57 Å². The van der Waals surface area contributed by atoms with Gasteiger partial charge in [0.05, 0.1) is 0 Å². The van der Waals surface area contributed by atoms with Crippen molar-refractivity contribution >= 4 is 0 Å². The molecule has 4 unspecified atom stereocenters. The second-order valence-corrected chi connectivity index (χ2v) is 7.78. The third-order valence-corrected chi connectivity index (χ3v) is 5.38. The first-order valence-electron chi connectivity index (χ1n) is 7.45. The summed E-state index contributed by atoms with van der Waals surface area (Å²) in [6.07, 6.45) is 9.01. The predicted molar refractivity (Wildman–Crippen MR) is 77.4 cm³/mol. The lowest BCUT2D eigenvalue weighted by molar-refractivity contribution is 0.213. The maximum absolute atomic E-state index is 2.53. The zero-order valence-electron chi connectivity index (χ0n) is 12.5. The molecule has 0 N–H and O–H groups in total. The summed E-state index contributed by atoms with van der Waals surface area (Å²) in [7, 11) is 4.50. The van der Waals surface area contributed by atoms with Crippen molar-refractivity contribution in [3.63, 3.8) is 0 Å². The van der Waals surface area contributed by atoms with Gasteiger partial charge < -0.3 is 4.90 Å². The summed E-state index contributed by atoms with van der Waals surface area (Å²) in [5, 5.41) is 0. The second kappa shape index (κ2) is 3.96. The van der Waals surface area contributed by atoms with Crippen LogP contribution in [0.5, 0.6) is 0 Å². The molecule has 0 aromatic rings. The molecule has 0 aliphatic heterocycles. The van der Waals surface area contributed by atoms with Crippen LogP contribution in [0.4, 0.5) is 0 Å². The molecule has 0 spiro atoms. The van der Waals surface area contributed by atoms with Crippen molar-refractivity contribution in [1.82, 2.24) is 4.90 Å². The van der Waals surface area contributed by atoms with Gasteiger partial charge in [-0.2, -0.15) is 0 Å². The normalized spacial score (nSPS) is 41.4. The minimum absolute atomic E-state index is 0.503. The van der Waals surface area contributed by atoms with Crippen molar-refractivity contribution in [2.24, 2.45) is 23.2 Å². The molecule has 18 heavy (non-hydrogen) atoms. The van der Waals surface area contributed by atoms with Gasteiger partial charge in [-0.05, 0) is 62.1 Å². The van der Waals surface area contributed by atoms with E-state index in [2.05, 4.69) is 51.9 Å². The van der Waals surface area contributed by atoms with E-state index in [-0.39, 0.29) is 0 Å². The first kappa shape index (κ1) is 12.5. The highest BCUT2D eigenvalue weighted by Gasteiger charge is 2.46. The molecule has 3 rings (SSSR count). The molecule has 1 nitrogen and oxygen atoms in total. The molecular formula is C17H27N. The van der Waals surface area contributed by atoms with Gasteiger partial charge in [-0.25, -0.2) is 0 Å². The quantitative estimate of drug-likeness (QED) is 0.678. The van der Waals surface area contributed by atoms with Crippen LogP contribution in [0.2, 0.25) is 0 Å². The maximum atomic E-state index is 2.53. The first-order valence-corrected chi connectivity index (χ1v) is 7.45. The van der Waals surface area contributed by atoms with Gasteiger partial charge in [0, 0.05) is 6.04 Å². The van der Waals surface area contributed by atoms with Gasteiger partial charge in [-0.3, -0.25) is 0 Å². The zero-order valence-corrected chi connectivity index (χ0v) is 12.5. The summed E-state index contributed by atoms with van der Waals surface area (Å²) in [5.41, 5.74) is 3.99. The van der Waals surface area contributed by atoms with Crippen LogP contribution in [0.15, 0.2) is 23.3 Å². The van der Waals surface area contributed by atoms with Crippen molar-refractivity contribution in [1.29, 1.82) is 0 Å². The molecule has 0 amide bonds. The largest absolute Gasteiger partial charge is 0.306 e. The van der Waals surface area contributed by atoms with Crippen LogP contribution in [0.3, 0.4) is 0 Å². The molecule has 100 valence electrons. The number of allylic oxidation sites excluding steroid dienone is 3. The van der Waals surface area contributed by atoms with E-state index in [0.29, 0.717) is 5.41 Å². The molecule has 0 aromatic heterocycles. The lowest BCUT2D eigenvalue weighted by atomic mass is 9.80. The number of hydrogen-bond donors (Lipinski definition) is 0. The van der Waals surface area contributed by atoms with Crippen LogP contribution in [0, 0.1) is 23.2 Å². The van der Waals surface area contributed by atoms with E-state index in [0.717, 1.165) is 23.8 Å². The van der Waals surface area contributed by atoms with Gasteiger partial charge in [0.25, 0.3) is 0 Å². The SMILES string of the molecule is CC1CC2C3=C(C=CC2C1N(C)C)CC(C)(C)C3. The first-order chi connectivity index (χ1) is 8.39. The number of hydrogen-bond acceptors (Lipinski definition) is 1. The molecule has 0 heterocycles. The molecule has 1 fully saturated rings. The zero-order chi connectivity index (χ0) is 13.1. The average molecular weight is 245 g/mol. The van der Waals surface area contributed by atoms with Crippen LogP contribution in [0.1, 0.15) is 40.0 Å². The van der Waals surface area contributed by atoms with E-state index in [4.69, 9.17) is 0 Å². The molecule has 4 atom stereocenters. The molecular weight excluding hydrogens is 218 g/mol. The maximum Gasteiger partial charge on any atom is 0.0184 e. The van der Waals surface area contributed by atoms with Gasteiger partial charge in [0.15, 0.2) is 0 Å². The standard InChI is InChI=1S/C17H27N/c1-11-8-14-13(16(11)18(4)5)7-6-12-9-17(2,3)10-15(12)14/h6-7,11,13-14,16H,8-10H2,1-5H3. The average Bonchev–Trinajstić information content (AvgIpc) is 2.72. The molecule has 3 aliphatic carbocycles. The molecule has 0 saturated heterocycles. The van der Waals surface area contributed by atoms with E-state index in [1.165, 1.54) is 19.3 Å². The Morgan fingerprint density at radius 1 is 1.22 bits per heavy atom. The summed E-state index contributed by atoms with van der Waals surface area (Å²) in [4.78, 5) is 2.45. The second-order valence-electron chi connectivity index (χ2n) is 7.78. The Kier molecular flexibility index (Phi) is 2.75. The highest BCUT2D eigenvalue weighted by Crippen LogP contribution is 2.54. The predicted octanol–water partition coefficient (Wildman–Crippen LogP) is 3.88. The topological polar surface area (TPSA) is 3.24 Å². The lowest BCUT2D eigenvalue weighted by Gasteiger charge is -2.32. The fraction of sp³-hybridized carbons (Fsp3) is 0.765. The van der Waals surface area contributed by atoms with E-state index in [9.17, 15) is 0 Å². The minimum Gasteiger partial charge on any atom is -0.306 e. The molecule has 3 aliphatic rings. The highest BCUT2D eigenvalue weighted by atomic mass is 15.1. The monoisotopic (exact) mass is 245 g/mol. The van der Waals surface area contributed by atoms with Crippen LogP contribution in [-0.2, 0) is 0 Å². The van der Waals surface area contributed by atoms with Gasteiger partial charge in [-0.15, -0.1) is 0 Å². The smallest absolute Gasteiger partial charge is 0.0184 e. The Hall–Kier alpha value is -0.560. The third-order valence-electron chi connectivity index (χ3n) is 5.38. The molecule has 0 bridgehead atoms. The summed E-state index contributed by atoms with van der Waals surface area (Å²) < 4.78 is 0. The van der Waals surface area contributed by atoms with Gasteiger partial charge in [-0.1, -0.05) is 38.5 Å². The third kappa shape index (κ3) is 1.79. The van der Waals surface area contributed by atoms with Crippen LogP contribution >= 0.6 is 0 Å². The molecule has 0 radical (unpaired) electrons. The summed E-state index contributed by atoms with van der Waals surface area (Å²) in [6.45, 7) is 7.29. The van der Waals surface area contributed by atoms with Gasteiger partial charge >= 0.3 is 0 Å². The Morgan fingerprint density at radius 2 is 1.94 bits per heavy atom. The Bertz CT molecular complexity index is 413. The number of fused-ring (bicyclic) bond motifs is 2. The van der Waals surface area contributed by atoms with Crippen molar-refractivity contribution in [3.8, 4) is 0 Å². The number of nitrogens with zero attached hydrogens (tertiary/aromatic N) is 1. The summed E-state index contributed by atoms with van der Waals surface area (Å²) >= 11 is 0. The van der Waals surface area contributed by atoms with E-state index in [1.54, 1.807) is 5.57 Å². The van der Waals surface area contributed by atoms with Gasteiger partial charge in [0.1, 0.15) is 0 Å². The lowest BCUT2D eigenvalue weighted by Crippen LogP contribution is -2.36. The fourth-order valence-corrected chi connectivity index (χ4v) is 4.87. The fourth-order valence-electron chi connectivity index (χ4n) is 4.87. The van der Waals surface area contributed by atoms with E-state index < -0.39 is 0 Å². The molecule has 1 saturated carbocycles. The summed E-state index contributed by atoms with van der Waals surface area (Å²) in [6, 6.07) is 0.740. The van der Waals surface area contributed by atoms with Crippen LogP contribution in [0.25, 0.3) is 0 Å². The van der Waals surface area contributed by atoms with Crippen molar-refractivity contribution < 1.29 is 0 Å². The Labute approximate surface area is 112 Å². The number of rotatable bonds is 1. The Balaban J connectivity index is 1.90. The Morgan fingerprint density at radius 3 is 2.61 bits per heavy atom. The minimum atomic E-state index is 0.503. The van der Waals surface area contributed by atoms with Gasteiger partial charge in [0.2, 0.25) is 0 Å². The van der Waals surface area contributed by atoms with E-state index >= 15 is 0 Å².